The SMILES string of the molecule is CCC(=O)[C@@H]1CCCN(c2c(F)cccc2F)C1=O. The monoisotopic (exact) mass is 267 g/mol. The van der Waals surface area contributed by atoms with E-state index in [4.69, 9.17) is 0 Å². The Hall–Kier alpha value is -1.78. The first-order valence-electron chi connectivity index (χ1n) is 6.34. The van der Waals surface area contributed by atoms with E-state index in [0.29, 0.717) is 12.8 Å². The Kier molecular flexibility index (Phi) is 3.93. The van der Waals surface area contributed by atoms with Crippen molar-refractivity contribution in [1.82, 2.24) is 0 Å². The number of amides is 1. The highest BCUT2D eigenvalue weighted by Gasteiger charge is 2.35. The number of halogens is 2. The maximum atomic E-state index is 13.7. The van der Waals surface area contributed by atoms with Crippen molar-refractivity contribution in [1.29, 1.82) is 0 Å². The largest absolute Gasteiger partial charge is 0.307 e. The predicted molar refractivity (Wildman–Crippen MR) is 66.7 cm³/mol. The van der Waals surface area contributed by atoms with E-state index in [9.17, 15) is 18.4 Å². The Morgan fingerprint density at radius 2 is 2.00 bits per heavy atom. The van der Waals surface area contributed by atoms with E-state index < -0.39 is 23.5 Å². The average molecular weight is 267 g/mol. The van der Waals surface area contributed by atoms with Crippen LogP contribution in [-0.4, -0.2) is 18.2 Å². The molecule has 1 amide bonds. The first-order valence-corrected chi connectivity index (χ1v) is 6.34. The molecular formula is C14H15F2NO2. The Balaban J connectivity index is 2.35. The third kappa shape index (κ3) is 2.50. The van der Waals surface area contributed by atoms with Crippen LogP contribution in [0.4, 0.5) is 14.5 Å². The van der Waals surface area contributed by atoms with E-state index in [1.165, 1.54) is 6.07 Å². The van der Waals surface area contributed by atoms with Crippen LogP contribution in [0.1, 0.15) is 26.2 Å². The number of carbonyl (C=O) groups excluding carboxylic acids is 2. The number of ketones is 1. The van der Waals surface area contributed by atoms with Gasteiger partial charge < -0.3 is 4.90 Å². The summed E-state index contributed by atoms with van der Waals surface area (Å²) in [7, 11) is 0. The van der Waals surface area contributed by atoms with E-state index in [1.807, 2.05) is 0 Å². The zero-order chi connectivity index (χ0) is 14.0. The quantitative estimate of drug-likeness (QED) is 0.790. The molecule has 0 spiro atoms. The number of nitrogens with zero attached hydrogens (tertiary/aromatic N) is 1. The summed E-state index contributed by atoms with van der Waals surface area (Å²) >= 11 is 0. The van der Waals surface area contributed by atoms with Gasteiger partial charge in [-0.05, 0) is 25.0 Å². The summed E-state index contributed by atoms with van der Waals surface area (Å²) in [6, 6.07) is 3.46. The minimum absolute atomic E-state index is 0.175. The fourth-order valence-electron chi connectivity index (χ4n) is 2.39. The van der Waals surface area contributed by atoms with Crippen molar-refractivity contribution in [2.45, 2.75) is 26.2 Å². The molecule has 0 aliphatic carbocycles. The fourth-order valence-corrected chi connectivity index (χ4v) is 2.39. The highest BCUT2D eigenvalue weighted by molar-refractivity contribution is 6.09. The predicted octanol–water partition coefficient (Wildman–Crippen LogP) is 2.69. The fraction of sp³-hybridized carbons (Fsp3) is 0.429. The van der Waals surface area contributed by atoms with Crippen LogP contribution >= 0.6 is 0 Å². The molecule has 1 atom stereocenters. The van der Waals surface area contributed by atoms with E-state index >= 15 is 0 Å². The van der Waals surface area contributed by atoms with Gasteiger partial charge >= 0.3 is 0 Å². The molecule has 1 saturated heterocycles. The van der Waals surface area contributed by atoms with Gasteiger partial charge in [0, 0.05) is 13.0 Å². The van der Waals surface area contributed by atoms with Crippen LogP contribution in [0, 0.1) is 17.6 Å². The molecule has 2 rings (SSSR count). The number of benzene rings is 1. The number of anilines is 1. The number of para-hydroxylation sites is 1. The Morgan fingerprint density at radius 3 is 2.58 bits per heavy atom. The summed E-state index contributed by atoms with van der Waals surface area (Å²) in [4.78, 5) is 25.0. The molecule has 1 aromatic rings. The summed E-state index contributed by atoms with van der Waals surface area (Å²) in [5.41, 5.74) is -0.346. The third-order valence-electron chi connectivity index (χ3n) is 3.38. The Labute approximate surface area is 110 Å². The maximum absolute atomic E-state index is 13.7. The molecule has 0 N–H and O–H groups in total. The summed E-state index contributed by atoms with van der Waals surface area (Å²) in [5, 5.41) is 0. The normalized spacial score (nSPS) is 19.6. The number of hydrogen-bond acceptors (Lipinski definition) is 2. The topological polar surface area (TPSA) is 37.4 Å². The molecule has 1 aromatic carbocycles. The van der Waals surface area contributed by atoms with Crippen molar-refractivity contribution >= 4 is 17.4 Å². The third-order valence-corrected chi connectivity index (χ3v) is 3.38. The number of rotatable bonds is 3. The van der Waals surface area contributed by atoms with E-state index in [0.717, 1.165) is 17.0 Å². The van der Waals surface area contributed by atoms with Crippen molar-refractivity contribution < 1.29 is 18.4 Å². The van der Waals surface area contributed by atoms with Crippen molar-refractivity contribution in [3.05, 3.63) is 29.8 Å². The summed E-state index contributed by atoms with van der Waals surface area (Å²) in [6.07, 6.45) is 1.28. The Morgan fingerprint density at radius 1 is 1.37 bits per heavy atom. The highest BCUT2D eigenvalue weighted by Crippen LogP contribution is 2.29. The molecule has 5 heteroatoms. The molecule has 0 bridgehead atoms. The van der Waals surface area contributed by atoms with Crippen LogP contribution < -0.4 is 4.90 Å². The summed E-state index contributed by atoms with van der Waals surface area (Å²) in [5.74, 6) is -3.00. The lowest BCUT2D eigenvalue weighted by molar-refractivity contribution is -0.133. The van der Waals surface area contributed by atoms with Crippen LogP contribution in [0.25, 0.3) is 0 Å². The molecular weight excluding hydrogens is 252 g/mol. The zero-order valence-corrected chi connectivity index (χ0v) is 10.7. The molecule has 0 aromatic heterocycles. The van der Waals surface area contributed by atoms with E-state index in [1.54, 1.807) is 6.92 Å². The lowest BCUT2D eigenvalue weighted by Crippen LogP contribution is -2.45. The second kappa shape index (κ2) is 5.47. The molecule has 1 fully saturated rings. The molecule has 1 aliphatic rings. The molecule has 102 valence electrons. The van der Waals surface area contributed by atoms with Gasteiger partial charge in [-0.15, -0.1) is 0 Å². The van der Waals surface area contributed by atoms with Crippen molar-refractivity contribution in [2.75, 3.05) is 11.4 Å². The average Bonchev–Trinajstić information content (AvgIpc) is 2.39. The maximum Gasteiger partial charge on any atom is 0.237 e. The number of Topliss-reactive ketones (excluding diaryl/α,β-unsaturated/α-hetero) is 1. The lowest BCUT2D eigenvalue weighted by atomic mass is 9.91. The zero-order valence-electron chi connectivity index (χ0n) is 10.7. The second-order valence-corrected chi connectivity index (χ2v) is 4.57. The van der Waals surface area contributed by atoms with Crippen LogP contribution in [0.3, 0.4) is 0 Å². The van der Waals surface area contributed by atoms with Gasteiger partial charge in [0.1, 0.15) is 23.1 Å². The molecule has 3 nitrogen and oxygen atoms in total. The number of piperidine rings is 1. The Bertz CT molecular complexity index is 496. The smallest absolute Gasteiger partial charge is 0.237 e. The van der Waals surface area contributed by atoms with Crippen LogP contribution in [0.2, 0.25) is 0 Å². The first kappa shape index (κ1) is 13.6. The van der Waals surface area contributed by atoms with E-state index in [2.05, 4.69) is 0 Å². The minimum atomic E-state index is -0.780. The molecule has 0 unspecified atom stereocenters. The number of hydrogen-bond donors (Lipinski definition) is 0. The molecule has 19 heavy (non-hydrogen) atoms. The summed E-state index contributed by atoms with van der Waals surface area (Å²) < 4.78 is 27.4. The van der Waals surface area contributed by atoms with Crippen LogP contribution in [0.5, 0.6) is 0 Å². The van der Waals surface area contributed by atoms with Crippen molar-refractivity contribution in [2.24, 2.45) is 5.92 Å². The lowest BCUT2D eigenvalue weighted by Gasteiger charge is -2.31. The highest BCUT2D eigenvalue weighted by atomic mass is 19.1. The van der Waals surface area contributed by atoms with Gasteiger partial charge in [-0.1, -0.05) is 13.0 Å². The minimum Gasteiger partial charge on any atom is -0.307 e. The second-order valence-electron chi connectivity index (χ2n) is 4.57. The molecule has 1 aliphatic heterocycles. The van der Waals surface area contributed by atoms with Gasteiger partial charge in [-0.2, -0.15) is 0 Å². The molecule has 0 saturated carbocycles. The van der Waals surface area contributed by atoms with Gasteiger partial charge in [0.15, 0.2) is 0 Å². The van der Waals surface area contributed by atoms with E-state index in [-0.39, 0.29) is 24.4 Å². The first-order chi connectivity index (χ1) is 9.06. The molecule has 0 radical (unpaired) electrons. The van der Waals surface area contributed by atoms with Crippen molar-refractivity contribution in [3.8, 4) is 0 Å². The summed E-state index contributed by atoms with van der Waals surface area (Å²) in [6.45, 7) is 1.92. The van der Waals surface area contributed by atoms with Gasteiger partial charge in [0.2, 0.25) is 5.91 Å². The molecule has 1 heterocycles. The van der Waals surface area contributed by atoms with Crippen LogP contribution in [-0.2, 0) is 9.59 Å². The van der Waals surface area contributed by atoms with Crippen molar-refractivity contribution in [3.63, 3.8) is 0 Å². The van der Waals surface area contributed by atoms with Gasteiger partial charge in [-0.25, -0.2) is 8.78 Å². The van der Waals surface area contributed by atoms with Crippen LogP contribution in [0.15, 0.2) is 18.2 Å². The number of carbonyl (C=O) groups is 2. The van der Waals surface area contributed by atoms with Gasteiger partial charge in [0.05, 0.1) is 5.92 Å². The van der Waals surface area contributed by atoms with Gasteiger partial charge in [0.25, 0.3) is 0 Å². The van der Waals surface area contributed by atoms with Gasteiger partial charge in [-0.3, -0.25) is 9.59 Å². The standard InChI is InChI=1S/C14H15F2NO2/c1-2-12(18)9-5-4-8-17(14(9)19)13-10(15)6-3-7-11(13)16/h3,6-7,9H,2,4-5,8H2,1H3/t9-/m0/s1.